The van der Waals surface area contributed by atoms with Crippen LogP contribution in [0, 0.1) is 5.92 Å². The number of hydrogen-bond acceptors (Lipinski definition) is 5. The van der Waals surface area contributed by atoms with Gasteiger partial charge in [0.15, 0.2) is 0 Å². The van der Waals surface area contributed by atoms with Crippen LogP contribution in [0.25, 0.3) is 0 Å². The Hall–Kier alpha value is -2.24. The summed E-state index contributed by atoms with van der Waals surface area (Å²) in [6.45, 7) is 3.52. The van der Waals surface area contributed by atoms with Gasteiger partial charge in [-0.3, -0.25) is 4.79 Å². The highest BCUT2D eigenvalue weighted by Gasteiger charge is 2.24. The van der Waals surface area contributed by atoms with Gasteiger partial charge in [0.05, 0.1) is 0 Å². The summed E-state index contributed by atoms with van der Waals surface area (Å²) >= 11 is 0. The minimum absolute atomic E-state index is 0.180. The van der Waals surface area contributed by atoms with Gasteiger partial charge >= 0.3 is 5.97 Å². The molecule has 0 bridgehead atoms. The van der Waals surface area contributed by atoms with E-state index < -0.39 is 28.8 Å². The molecule has 1 rings (SSSR count). The molecule has 0 amide bonds. The van der Waals surface area contributed by atoms with E-state index in [0.29, 0.717) is 6.42 Å². The van der Waals surface area contributed by atoms with Gasteiger partial charge < -0.3 is 20.4 Å². The lowest BCUT2D eigenvalue weighted by Crippen LogP contribution is -2.13. The molecule has 0 spiro atoms. The highest BCUT2D eigenvalue weighted by molar-refractivity contribution is 5.96. The van der Waals surface area contributed by atoms with E-state index in [1.54, 1.807) is 6.92 Å². The number of benzene rings is 1. The van der Waals surface area contributed by atoms with Crippen LogP contribution >= 0.6 is 0 Å². The third kappa shape index (κ3) is 2.96. The van der Waals surface area contributed by atoms with Crippen molar-refractivity contribution in [1.82, 2.24) is 0 Å². The second-order valence-corrected chi connectivity index (χ2v) is 4.37. The van der Waals surface area contributed by atoms with Gasteiger partial charge in [0, 0.05) is 24.0 Å². The van der Waals surface area contributed by atoms with Crippen LogP contribution in [0.3, 0.4) is 0 Å². The van der Waals surface area contributed by atoms with E-state index in [9.17, 15) is 24.9 Å². The predicted molar refractivity (Wildman–Crippen MR) is 66.6 cm³/mol. The zero-order valence-electron chi connectivity index (χ0n) is 10.7. The maximum Gasteiger partial charge on any atom is 0.343 e. The summed E-state index contributed by atoms with van der Waals surface area (Å²) in [6.07, 6.45) is 0.317. The van der Waals surface area contributed by atoms with E-state index in [0.717, 1.165) is 6.07 Å². The van der Waals surface area contributed by atoms with E-state index >= 15 is 0 Å². The topological polar surface area (TPSA) is 115 Å². The van der Waals surface area contributed by atoms with Crippen LogP contribution in [0.5, 0.6) is 17.2 Å². The quantitative estimate of drug-likeness (QED) is 0.645. The molecule has 0 aliphatic rings. The smallest absolute Gasteiger partial charge is 0.343 e. The number of carboxylic acid groups (broad SMARTS) is 1. The first-order valence-electron chi connectivity index (χ1n) is 5.82. The van der Waals surface area contributed by atoms with Crippen LogP contribution in [0.2, 0.25) is 0 Å². The number of phenols is 3. The molecule has 1 aromatic carbocycles. The fourth-order valence-corrected chi connectivity index (χ4v) is 1.64. The minimum atomic E-state index is -1.53. The van der Waals surface area contributed by atoms with E-state index in [2.05, 4.69) is 0 Å². The lowest BCUT2D eigenvalue weighted by Gasteiger charge is -2.12. The highest BCUT2D eigenvalue weighted by Crippen LogP contribution is 2.38. The Morgan fingerprint density at radius 1 is 1.21 bits per heavy atom. The number of rotatable bonds is 5. The Morgan fingerprint density at radius 2 is 1.79 bits per heavy atom. The number of hydrogen-bond donors (Lipinski definition) is 4. The third-order valence-corrected chi connectivity index (χ3v) is 3.09. The molecule has 1 unspecified atom stereocenters. The van der Waals surface area contributed by atoms with Crippen molar-refractivity contribution in [2.24, 2.45) is 5.92 Å². The molecule has 1 atom stereocenters. The number of ketones is 1. The van der Waals surface area contributed by atoms with Gasteiger partial charge in [0.1, 0.15) is 28.6 Å². The molecule has 0 radical (unpaired) electrons. The zero-order chi connectivity index (χ0) is 14.7. The number of carbonyl (C=O) groups excluding carboxylic acids is 1. The number of aromatic carboxylic acids is 1. The molecule has 4 N–H and O–H groups in total. The molecule has 19 heavy (non-hydrogen) atoms. The monoisotopic (exact) mass is 268 g/mol. The third-order valence-electron chi connectivity index (χ3n) is 3.09. The highest BCUT2D eigenvalue weighted by atomic mass is 16.4. The Labute approximate surface area is 109 Å². The molecule has 0 fully saturated rings. The average molecular weight is 268 g/mol. The lowest BCUT2D eigenvalue weighted by molar-refractivity contribution is -0.121. The van der Waals surface area contributed by atoms with Crippen molar-refractivity contribution in [3.8, 4) is 17.2 Å². The molecule has 104 valence electrons. The zero-order valence-corrected chi connectivity index (χ0v) is 10.7. The Bertz CT molecular complexity index is 520. The van der Waals surface area contributed by atoms with Crippen molar-refractivity contribution in [2.75, 3.05) is 0 Å². The lowest BCUT2D eigenvalue weighted by atomic mass is 9.95. The average Bonchev–Trinajstić information content (AvgIpc) is 2.32. The first kappa shape index (κ1) is 14.8. The standard InChI is InChI=1S/C13H16O6/c1-3-6(2)8(14)4-7-9(15)5-10(16)11(12(7)17)13(18)19/h5-6,15-17H,3-4H2,1-2H3,(H,18,19). The number of carboxylic acids is 1. The number of carbonyl (C=O) groups is 2. The number of aromatic hydroxyl groups is 3. The van der Waals surface area contributed by atoms with Crippen molar-refractivity contribution in [3.05, 3.63) is 17.2 Å². The van der Waals surface area contributed by atoms with Crippen LogP contribution in [0.15, 0.2) is 6.07 Å². The van der Waals surface area contributed by atoms with Gasteiger partial charge in [-0.2, -0.15) is 0 Å². The molecular formula is C13H16O6. The predicted octanol–water partition coefficient (Wildman–Crippen LogP) is 1.66. The van der Waals surface area contributed by atoms with Crippen LogP contribution in [-0.4, -0.2) is 32.2 Å². The molecule has 0 saturated carbocycles. The molecule has 0 aliphatic heterocycles. The Kier molecular flexibility index (Phi) is 4.37. The van der Waals surface area contributed by atoms with Crippen molar-refractivity contribution >= 4 is 11.8 Å². The molecule has 6 heteroatoms. The fourth-order valence-electron chi connectivity index (χ4n) is 1.64. The van der Waals surface area contributed by atoms with E-state index in [-0.39, 0.29) is 23.7 Å². The van der Waals surface area contributed by atoms with Gasteiger partial charge in [-0.15, -0.1) is 0 Å². The van der Waals surface area contributed by atoms with Gasteiger partial charge in [-0.05, 0) is 6.42 Å². The van der Waals surface area contributed by atoms with Gasteiger partial charge in [0.2, 0.25) is 0 Å². The summed E-state index contributed by atoms with van der Waals surface area (Å²) in [4.78, 5) is 22.7. The van der Waals surface area contributed by atoms with Crippen LogP contribution < -0.4 is 0 Å². The largest absolute Gasteiger partial charge is 0.507 e. The molecule has 0 saturated heterocycles. The molecule has 1 aromatic rings. The van der Waals surface area contributed by atoms with Crippen molar-refractivity contribution in [1.29, 1.82) is 0 Å². The maximum absolute atomic E-state index is 11.8. The van der Waals surface area contributed by atoms with Crippen molar-refractivity contribution in [3.63, 3.8) is 0 Å². The SMILES string of the molecule is CCC(C)C(=O)Cc1c(O)cc(O)c(C(=O)O)c1O. The molecule has 0 heterocycles. The molecule has 0 aromatic heterocycles. The van der Waals surface area contributed by atoms with Crippen LogP contribution in [-0.2, 0) is 11.2 Å². The summed E-state index contributed by atoms with van der Waals surface area (Å²) in [5.41, 5.74) is -0.898. The van der Waals surface area contributed by atoms with Gasteiger partial charge in [0.25, 0.3) is 0 Å². The molecular weight excluding hydrogens is 252 g/mol. The van der Waals surface area contributed by atoms with Crippen LogP contribution in [0.1, 0.15) is 36.2 Å². The second kappa shape index (κ2) is 5.60. The maximum atomic E-state index is 11.8. The normalized spacial score (nSPS) is 12.1. The first-order valence-corrected chi connectivity index (χ1v) is 5.82. The fraction of sp³-hybridized carbons (Fsp3) is 0.385. The van der Waals surface area contributed by atoms with Crippen molar-refractivity contribution in [2.45, 2.75) is 26.7 Å². The number of phenolic OH excluding ortho intramolecular Hbond substituents is 1. The second-order valence-electron chi connectivity index (χ2n) is 4.37. The summed E-state index contributed by atoms with van der Waals surface area (Å²) in [7, 11) is 0. The van der Waals surface area contributed by atoms with E-state index in [1.165, 1.54) is 0 Å². The summed E-state index contributed by atoms with van der Waals surface area (Å²) < 4.78 is 0. The van der Waals surface area contributed by atoms with Gasteiger partial charge in [-0.25, -0.2) is 4.79 Å². The Morgan fingerprint density at radius 3 is 2.26 bits per heavy atom. The van der Waals surface area contributed by atoms with Crippen LogP contribution in [0.4, 0.5) is 0 Å². The summed E-state index contributed by atoms with van der Waals surface area (Å²) in [6, 6.07) is 0.808. The minimum Gasteiger partial charge on any atom is -0.507 e. The summed E-state index contributed by atoms with van der Waals surface area (Å²) in [5.74, 6) is -4.05. The Balaban J connectivity index is 3.25. The molecule has 0 aliphatic carbocycles. The first-order chi connectivity index (χ1) is 8.79. The summed E-state index contributed by atoms with van der Waals surface area (Å²) in [5, 5.41) is 37.6. The number of Topliss-reactive ketones (excluding diaryl/α,β-unsaturated/α-hetero) is 1. The van der Waals surface area contributed by atoms with E-state index in [4.69, 9.17) is 5.11 Å². The van der Waals surface area contributed by atoms with Crippen molar-refractivity contribution < 1.29 is 30.0 Å². The van der Waals surface area contributed by atoms with E-state index in [1.807, 2.05) is 6.92 Å². The van der Waals surface area contributed by atoms with Gasteiger partial charge in [-0.1, -0.05) is 13.8 Å². The molecule has 6 nitrogen and oxygen atoms in total.